The number of hydrogen-bond donors (Lipinski definition) is 0. The standard InChI is InChI=1S/C10H18N/c1-11(10-7-8-10)9-5-3-2-4-6-9/h2,9-10H,3-8H2,1H3. The van der Waals surface area contributed by atoms with Crippen molar-refractivity contribution >= 4 is 0 Å². The molecule has 0 unspecified atom stereocenters. The molecule has 0 amide bonds. The van der Waals surface area contributed by atoms with Crippen molar-refractivity contribution in [2.75, 3.05) is 7.05 Å². The van der Waals surface area contributed by atoms with Crippen molar-refractivity contribution in [2.24, 2.45) is 0 Å². The van der Waals surface area contributed by atoms with E-state index in [4.69, 9.17) is 0 Å². The molecule has 2 fully saturated rings. The van der Waals surface area contributed by atoms with Crippen LogP contribution < -0.4 is 0 Å². The van der Waals surface area contributed by atoms with Crippen molar-refractivity contribution in [3.63, 3.8) is 0 Å². The van der Waals surface area contributed by atoms with E-state index >= 15 is 0 Å². The summed E-state index contributed by atoms with van der Waals surface area (Å²) < 4.78 is 0. The molecule has 1 radical (unpaired) electrons. The predicted octanol–water partition coefficient (Wildman–Crippen LogP) is 2.23. The predicted molar refractivity (Wildman–Crippen MR) is 47.3 cm³/mol. The molecule has 0 heterocycles. The quantitative estimate of drug-likeness (QED) is 0.586. The van der Waals surface area contributed by atoms with E-state index in [9.17, 15) is 0 Å². The lowest BCUT2D eigenvalue weighted by Gasteiger charge is -2.30. The molecule has 1 heteroatoms. The number of hydrogen-bond acceptors (Lipinski definition) is 1. The number of nitrogens with zero attached hydrogens (tertiary/aromatic N) is 1. The summed E-state index contributed by atoms with van der Waals surface area (Å²) in [6.07, 6.45) is 10.9. The number of rotatable bonds is 2. The van der Waals surface area contributed by atoms with E-state index in [1.807, 2.05) is 0 Å². The highest BCUT2D eigenvalue weighted by molar-refractivity contribution is 4.89. The van der Waals surface area contributed by atoms with Gasteiger partial charge in [0.15, 0.2) is 0 Å². The normalized spacial score (nSPS) is 27.8. The van der Waals surface area contributed by atoms with E-state index in [0.717, 1.165) is 12.1 Å². The maximum atomic E-state index is 2.62. The van der Waals surface area contributed by atoms with Gasteiger partial charge in [-0.1, -0.05) is 0 Å². The van der Waals surface area contributed by atoms with Crippen LogP contribution >= 0.6 is 0 Å². The molecule has 2 aliphatic rings. The maximum absolute atomic E-state index is 2.62. The Morgan fingerprint density at radius 3 is 2.09 bits per heavy atom. The Morgan fingerprint density at radius 2 is 1.55 bits per heavy atom. The first-order chi connectivity index (χ1) is 5.38. The third-order valence-corrected chi connectivity index (χ3v) is 3.11. The van der Waals surface area contributed by atoms with E-state index in [0.29, 0.717) is 0 Å². The highest BCUT2D eigenvalue weighted by atomic mass is 15.2. The minimum absolute atomic E-state index is 0.910. The summed E-state index contributed by atoms with van der Waals surface area (Å²) in [5.41, 5.74) is 0. The Morgan fingerprint density at radius 1 is 1.00 bits per heavy atom. The summed E-state index contributed by atoms with van der Waals surface area (Å²) in [7, 11) is 2.31. The van der Waals surface area contributed by atoms with Gasteiger partial charge in [0.2, 0.25) is 0 Å². The van der Waals surface area contributed by atoms with Gasteiger partial charge in [-0.25, -0.2) is 0 Å². The van der Waals surface area contributed by atoms with Crippen LogP contribution in [-0.4, -0.2) is 24.0 Å². The lowest BCUT2D eigenvalue weighted by molar-refractivity contribution is 0.196. The molecule has 2 rings (SSSR count). The fraction of sp³-hybridized carbons (Fsp3) is 0.900. The van der Waals surface area contributed by atoms with Gasteiger partial charge in [-0.2, -0.15) is 0 Å². The van der Waals surface area contributed by atoms with Crippen LogP contribution in [0.5, 0.6) is 0 Å². The monoisotopic (exact) mass is 152 g/mol. The maximum Gasteiger partial charge on any atom is 0.00963 e. The van der Waals surface area contributed by atoms with Crippen LogP contribution in [0, 0.1) is 6.42 Å². The Kier molecular flexibility index (Phi) is 2.17. The highest BCUT2D eigenvalue weighted by Gasteiger charge is 2.31. The first kappa shape index (κ1) is 7.60. The zero-order chi connectivity index (χ0) is 7.68. The van der Waals surface area contributed by atoms with E-state index in [-0.39, 0.29) is 0 Å². The molecule has 2 saturated carbocycles. The molecule has 0 spiro atoms. The van der Waals surface area contributed by atoms with Gasteiger partial charge in [0.25, 0.3) is 0 Å². The second-order valence-electron chi connectivity index (χ2n) is 3.99. The van der Waals surface area contributed by atoms with Gasteiger partial charge in [-0.15, -0.1) is 0 Å². The van der Waals surface area contributed by atoms with Gasteiger partial charge >= 0.3 is 0 Å². The van der Waals surface area contributed by atoms with Gasteiger partial charge in [0.05, 0.1) is 0 Å². The lowest BCUT2D eigenvalue weighted by atomic mass is 9.94. The summed E-state index contributed by atoms with van der Waals surface area (Å²) in [6, 6.07) is 1.87. The molecular formula is C10H18N. The molecule has 0 aromatic carbocycles. The smallest absolute Gasteiger partial charge is 0.00963 e. The molecule has 0 saturated heterocycles. The SMILES string of the molecule is CN(C1CC[CH]CC1)C1CC1. The fourth-order valence-corrected chi connectivity index (χ4v) is 2.10. The van der Waals surface area contributed by atoms with Gasteiger partial charge in [-0.3, -0.25) is 0 Å². The third-order valence-electron chi connectivity index (χ3n) is 3.11. The van der Waals surface area contributed by atoms with Gasteiger partial charge in [-0.05, 0) is 52.0 Å². The minimum Gasteiger partial charge on any atom is -0.300 e. The average Bonchev–Trinajstić information content (AvgIpc) is 2.87. The van der Waals surface area contributed by atoms with Gasteiger partial charge in [0.1, 0.15) is 0 Å². The van der Waals surface area contributed by atoms with E-state index in [1.165, 1.54) is 38.5 Å². The Hall–Kier alpha value is -0.0400. The summed E-state index contributed by atoms with van der Waals surface area (Å²) in [5.74, 6) is 0. The van der Waals surface area contributed by atoms with Crippen molar-refractivity contribution in [3.8, 4) is 0 Å². The molecule has 11 heavy (non-hydrogen) atoms. The second kappa shape index (κ2) is 3.14. The van der Waals surface area contributed by atoms with Crippen LogP contribution in [0.2, 0.25) is 0 Å². The molecule has 1 nitrogen and oxygen atoms in total. The summed E-state index contributed by atoms with van der Waals surface area (Å²) >= 11 is 0. The van der Waals surface area contributed by atoms with Crippen molar-refractivity contribution < 1.29 is 0 Å². The van der Waals surface area contributed by atoms with Crippen LogP contribution in [0.4, 0.5) is 0 Å². The minimum atomic E-state index is 0.910. The molecule has 0 aromatic rings. The largest absolute Gasteiger partial charge is 0.300 e. The van der Waals surface area contributed by atoms with Gasteiger partial charge < -0.3 is 4.90 Å². The summed E-state index contributed by atoms with van der Waals surface area (Å²) in [6.45, 7) is 0. The van der Waals surface area contributed by atoms with E-state index in [1.54, 1.807) is 0 Å². The van der Waals surface area contributed by atoms with Crippen LogP contribution in [-0.2, 0) is 0 Å². The molecule has 2 aliphatic carbocycles. The molecule has 0 atom stereocenters. The van der Waals surface area contributed by atoms with E-state index < -0.39 is 0 Å². The Labute approximate surface area is 69.8 Å². The zero-order valence-electron chi connectivity index (χ0n) is 7.42. The molecule has 0 bridgehead atoms. The summed E-state index contributed by atoms with van der Waals surface area (Å²) in [4.78, 5) is 2.62. The summed E-state index contributed by atoms with van der Waals surface area (Å²) in [5, 5.41) is 0. The molecule has 63 valence electrons. The topological polar surface area (TPSA) is 3.24 Å². The van der Waals surface area contributed by atoms with Crippen LogP contribution in [0.3, 0.4) is 0 Å². The Balaban J connectivity index is 1.81. The van der Waals surface area contributed by atoms with Crippen LogP contribution in [0.25, 0.3) is 0 Å². The molecule has 0 aromatic heterocycles. The average molecular weight is 152 g/mol. The van der Waals surface area contributed by atoms with Crippen molar-refractivity contribution in [3.05, 3.63) is 6.42 Å². The zero-order valence-corrected chi connectivity index (χ0v) is 7.42. The third kappa shape index (κ3) is 1.76. The first-order valence-electron chi connectivity index (χ1n) is 4.91. The van der Waals surface area contributed by atoms with Crippen molar-refractivity contribution in [2.45, 2.75) is 50.6 Å². The second-order valence-corrected chi connectivity index (χ2v) is 3.99. The van der Waals surface area contributed by atoms with Crippen molar-refractivity contribution in [1.82, 2.24) is 4.90 Å². The fourth-order valence-electron chi connectivity index (χ4n) is 2.10. The van der Waals surface area contributed by atoms with Crippen LogP contribution in [0.1, 0.15) is 38.5 Å². The van der Waals surface area contributed by atoms with Crippen molar-refractivity contribution in [1.29, 1.82) is 0 Å². The Bertz CT molecular complexity index is 123. The lowest BCUT2D eigenvalue weighted by Crippen LogP contribution is -2.35. The van der Waals surface area contributed by atoms with E-state index in [2.05, 4.69) is 18.4 Å². The molecule has 0 aliphatic heterocycles. The van der Waals surface area contributed by atoms with Crippen LogP contribution in [0.15, 0.2) is 0 Å². The van der Waals surface area contributed by atoms with Gasteiger partial charge in [0, 0.05) is 12.1 Å². The molecule has 0 N–H and O–H groups in total. The highest BCUT2D eigenvalue weighted by Crippen LogP contribution is 2.31. The molecular weight excluding hydrogens is 134 g/mol. The first-order valence-corrected chi connectivity index (χ1v) is 4.91.